The molecule has 1 aliphatic rings. The molecular formula is C24H21Cl2N3O2. The third-order valence-electron chi connectivity index (χ3n) is 5.43. The monoisotopic (exact) mass is 453 g/mol. The van der Waals surface area contributed by atoms with Crippen LogP contribution in [0.25, 0.3) is 11.1 Å². The Labute approximate surface area is 191 Å². The number of rotatable bonds is 5. The summed E-state index contributed by atoms with van der Waals surface area (Å²) in [6.07, 6.45) is 3.81. The molecule has 158 valence electrons. The molecule has 0 unspecified atom stereocenters. The first-order valence-electron chi connectivity index (χ1n) is 9.98. The molecule has 0 saturated carbocycles. The van der Waals surface area contributed by atoms with Crippen LogP contribution in [0.1, 0.15) is 35.2 Å². The number of methoxy groups -OCH3 is 1. The molecule has 0 bridgehead atoms. The van der Waals surface area contributed by atoms with Crippen LogP contribution < -0.4 is 15.2 Å². The Bertz CT molecular complexity index is 1170. The van der Waals surface area contributed by atoms with Crippen molar-refractivity contribution in [2.75, 3.05) is 12.8 Å². The Kier molecular flexibility index (Phi) is 6.22. The van der Waals surface area contributed by atoms with Gasteiger partial charge in [0.25, 0.3) is 0 Å². The summed E-state index contributed by atoms with van der Waals surface area (Å²) in [4.78, 5) is 4.48. The van der Waals surface area contributed by atoms with Gasteiger partial charge in [0.1, 0.15) is 24.1 Å². The van der Waals surface area contributed by atoms with Crippen LogP contribution in [0.4, 0.5) is 5.82 Å². The highest BCUT2D eigenvalue weighted by Gasteiger charge is 2.24. The van der Waals surface area contributed by atoms with E-state index in [4.69, 9.17) is 38.4 Å². The summed E-state index contributed by atoms with van der Waals surface area (Å²) in [5.74, 6) is 1.17. The summed E-state index contributed by atoms with van der Waals surface area (Å²) in [7, 11) is 1.56. The number of nitrogens with two attached hydrogens (primary N) is 1. The van der Waals surface area contributed by atoms with Crippen LogP contribution in [0.15, 0.2) is 36.4 Å². The number of hydrogen-bond donors (Lipinski definition) is 1. The summed E-state index contributed by atoms with van der Waals surface area (Å²) < 4.78 is 11.5. The molecule has 0 radical (unpaired) electrons. The molecule has 0 fully saturated rings. The number of fused-ring (bicyclic) bond motifs is 1. The van der Waals surface area contributed by atoms with Crippen LogP contribution in [-0.2, 0) is 19.4 Å². The van der Waals surface area contributed by atoms with E-state index in [2.05, 4.69) is 11.1 Å². The molecule has 3 aromatic rings. The van der Waals surface area contributed by atoms with E-state index < -0.39 is 0 Å². The molecule has 0 aliphatic heterocycles. The van der Waals surface area contributed by atoms with E-state index in [0.717, 1.165) is 53.6 Å². The minimum Gasteiger partial charge on any atom is -0.493 e. The summed E-state index contributed by atoms with van der Waals surface area (Å²) >= 11 is 12.6. The van der Waals surface area contributed by atoms with Crippen molar-refractivity contribution in [3.63, 3.8) is 0 Å². The van der Waals surface area contributed by atoms with Crippen LogP contribution in [0, 0.1) is 11.3 Å². The fourth-order valence-electron chi connectivity index (χ4n) is 3.93. The lowest BCUT2D eigenvalue weighted by Crippen LogP contribution is -2.12. The lowest BCUT2D eigenvalue weighted by atomic mass is 9.86. The minimum absolute atomic E-state index is 0.247. The van der Waals surface area contributed by atoms with Crippen LogP contribution in [0.5, 0.6) is 11.5 Å². The number of nitrogen functional groups attached to an aromatic ring is 1. The number of anilines is 1. The van der Waals surface area contributed by atoms with E-state index in [1.54, 1.807) is 13.2 Å². The van der Waals surface area contributed by atoms with Crippen LogP contribution in [0.3, 0.4) is 0 Å². The molecule has 0 atom stereocenters. The molecular weight excluding hydrogens is 433 g/mol. The van der Waals surface area contributed by atoms with Gasteiger partial charge < -0.3 is 15.2 Å². The fourth-order valence-corrected chi connectivity index (χ4v) is 4.33. The van der Waals surface area contributed by atoms with Crippen LogP contribution >= 0.6 is 23.2 Å². The zero-order valence-electron chi connectivity index (χ0n) is 17.0. The number of hydrogen-bond acceptors (Lipinski definition) is 5. The summed E-state index contributed by atoms with van der Waals surface area (Å²) in [5.41, 5.74) is 11.0. The van der Waals surface area contributed by atoms with Crippen molar-refractivity contribution >= 4 is 29.0 Å². The second kappa shape index (κ2) is 9.05. The molecule has 4 rings (SSSR count). The first-order valence-corrected chi connectivity index (χ1v) is 10.7. The standard InChI is InChI=1S/C24H21Cl2N3O2/c1-30-21-11-15(10-19(26)23(21)31-13-14-6-8-16(25)9-7-14)22-17-4-2-3-5-20(17)29-24(28)18(22)12-27/h6-11H,2-5,13H2,1H3,(H2,28,29). The van der Waals surface area contributed by atoms with E-state index in [0.29, 0.717) is 33.7 Å². The van der Waals surface area contributed by atoms with Crippen LogP contribution in [0.2, 0.25) is 10.0 Å². The Morgan fingerprint density at radius 2 is 1.87 bits per heavy atom. The van der Waals surface area contributed by atoms with Crippen LogP contribution in [-0.4, -0.2) is 12.1 Å². The van der Waals surface area contributed by atoms with Gasteiger partial charge in [-0.2, -0.15) is 5.26 Å². The van der Waals surface area contributed by atoms with E-state index in [1.807, 2.05) is 30.3 Å². The lowest BCUT2D eigenvalue weighted by molar-refractivity contribution is 0.285. The maximum atomic E-state index is 9.77. The number of pyridine rings is 1. The second-order valence-electron chi connectivity index (χ2n) is 7.40. The Hall–Kier alpha value is -2.94. The van der Waals surface area contributed by atoms with E-state index in [9.17, 15) is 5.26 Å². The van der Waals surface area contributed by atoms with Crippen molar-refractivity contribution in [3.05, 3.63) is 68.8 Å². The Balaban J connectivity index is 1.76. The number of aryl methyl sites for hydroxylation is 1. The predicted molar refractivity (Wildman–Crippen MR) is 123 cm³/mol. The molecule has 0 saturated heterocycles. The highest BCUT2D eigenvalue weighted by atomic mass is 35.5. The fraction of sp³-hybridized carbons (Fsp3) is 0.250. The normalized spacial score (nSPS) is 12.7. The van der Waals surface area contributed by atoms with Gasteiger partial charge in [0.2, 0.25) is 0 Å². The number of aromatic nitrogens is 1. The molecule has 5 nitrogen and oxygen atoms in total. The number of nitrogens with zero attached hydrogens (tertiary/aromatic N) is 2. The number of benzene rings is 2. The van der Waals surface area contributed by atoms with Gasteiger partial charge in [-0.05, 0) is 66.6 Å². The van der Waals surface area contributed by atoms with Gasteiger partial charge in [-0.25, -0.2) is 4.98 Å². The summed E-state index contributed by atoms with van der Waals surface area (Å²) in [6.45, 7) is 0.313. The van der Waals surface area contributed by atoms with Crippen molar-refractivity contribution in [2.45, 2.75) is 32.3 Å². The first-order chi connectivity index (χ1) is 15.0. The van der Waals surface area contributed by atoms with Gasteiger partial charge >= 0.3 is 0 Å². The molecule has 1 aliphatic carbocycles. The van der Waals surface area contributed by atoms with Gasteiger partial charge in [0.05, 0.1) is 12.1 Å². The molecule has 0 spiro atoms. The molecule has 0 amide bonds. The third-order valence-corrected chi connectivity index (χ3v) is 5.96. The average Bonchev–Trinajstić information content (AvgIpc) is 2.78. The zero-order valence-corrected chi connectivity index (χ0v) is 18.6. The maximum Gasteiger partial charge on any atom is 0.180 e. The molecule has 2 aromatic carbocycles. The molecule has 31 heavy (non-hydrogen) atoms. The topological polar surface area (TPSA) is 81.2 Å². The van der Waals surface area contributed by atoms with Gasteiger partial charge in [0, 0.05) is 16.3 Å². The Morgan fingerprint density at radius 3 is 2.58 bits per heavy atom. The van der Waals surface area contributed by atoms with Crippen molar-refractivity contribution in [1.29, 1.82) is 5.26 Å². The molecule has 7 heteroatoms. The van der Waals surface area contributed by atoms with Gasteiger partial charge in [-0.15, -0.1) is 0 Å². The van der Waals surface area contributed by atoms with E-state index >= 15 is 0 Å². The smallest absolute Gasteiger partial charge is 0.180 e. The maximum absolute atomic E-state index is 9.77. The minimum atomic E-state index is 0.247. The van der Waals surface area contributed by atoms with Crippen molar-refractivity contribution in [1.82, 2.24) is 4.98 Å². The van der Waals surface area contributed by atoms with E-state index in [1.165, 1.54) is 0 Å². The lowest BCUT2D eigenvalue weighted by Gasteiger charge is -2.22. The van der Waals surface area contributed by atoms with Crippen molar-refractivity contribution in [2.24, 2.45) is 0 Å². The zero-order chi connectivity index (χ0) is 22.0. The molecule has 1 aromatic heterocycles. The third kappa shape index (κ3) is 4.27. The largest absolute Gasteiger partial charge is 0.493 e. The summed E-state index contributed by atoms with van der Waals surface area (Å²) in [5, 5.41) is 10.8. The number of halogens is 2. The number of ether oxygens (including phenoxy) is 2. The van der Waals surface area contributed by atoms with Gasteiger partial charge in [0.15, 0.2) is 11.5 Å². The first kappa shape index (κ1) is 21.3. The highest BCUT2D eigenvalue weighted by Crippen LogP contribution is 2.43. The van der Waals surface area contributed by atoms with Crippen molar-refractivity contribution < 1.29 is 9.47 Å². The van der Waals surface area contributed by atoms with Crippen molar-refractivity contribution in [3.8, 4) is 28.7 Å². The summed E-state index contributed by atoms with van der Waals surface area (Å²) in [6, 6.07) is 13.3. The van der Waals surface area contributed by atoms with Gasteiger partial charge in [-0.3, -0.25) is 0 Å². The second-order valence-corrected chi connectivity index (χ2v) is 8.24. The highest BCUT2D eigenvalue weighted by molar-refractivity contribution is 6.32. The SMILES string of the molecule is COc1cc(-c2c(C#N)c(N)nc3c2CCCC3)cc(Cl)c1OCc1ccc(Cl)cc1. The predicted octanol–water partition coefficient (Wildman–Crippen LogP) is 5.98. The number of nitriles is 1. The molecule has 2 N–H and O–H groups in total. The van der Waals surface area contributed by atoms with Gasteiger partial charge in [-0.1, -0.05) is 35.3 Å². The quantitative estimate of drug-likeness (QED) is 0.513. The van der Waals surface area contributed by atoms with E-state index in [-0.39, 0.29) is 5.82 Å². The Morgan fingerprint density at radius 1 is 1.13 bits per heavy atom. The average molecular weight is 454 g/mol. The molecule has 1 heterocycles.